The fraction of sp³-hybridized carbons (Fsp3) is 0.250. The molecule has 3 heteroatoms. The van der Waals surface area contributed by atoms with Crippen LogP contribution in [0.25, 0.3) is 10.6 Å². The minimum absolute atomic E-state index is 0.606. The first kappa shape index (κ1) is 10.2. The number of nitrogen functional groups attached to an aromatic ring is 1. The first-order valence-corrected chi connectivity index (χ1v) is 5.75. The van der Waals surface area contributed by atoms with Crippen LogP contribution in [0.15, 0.2) is 17.5 Å². The molecule has 1 aromatic carbocycles. The number of hydrogen-bond donors (Lipinski definition) is 1. The van der Waals surface area contributed by atoms with Crippen molar-refractivity contribution in [1.82, 2.24) is 4.98 Å². The molecule has 1 heterocycles. The molecule has 0 amide bonds. The lowest BCUT2D eigenvalue weighted by Crippen LogP contribution is -1.90. The van der Waals surface area contributed by atoms with Gasteiger partial charge in [-0.05, 0) is 31.9 Å². The quantitative estimate of drug-likeness (QED) is 0.797. The number of aryl methyl sites for hydroxylation is 3. The highest BCUT2D eigenvalue weighted by atomic mass is 32.1. The third-order valence-electron chi connectivity index (χ3n) is 2.41. The largest absolute Gasteiger partial charge is 0.383 e. The number of nitrogens with zero attached hydrogens (tertiary/aromatic N) is 1. The van der Waals surface area contributed by atoms with Crippen LogP contribution in [-0.4, -0.2) is 4.98 Å². The summed E-state index contributed by atoms with van der Waals surface area (Å²) in [5.74, 6) is 0.606. The Bertz CT molecular complexity index is 477. The molecule has 2 nitrogen and oxygen atoms in total. The Morgan fingerprint density at radius 1 is 1.13 bits per heavy atom. The van der Waals surface area contributed by atoms with Crippen molar-refractivity contribution in [2.75, 3.05) is 5.73 Å². The van der Waals surface area contributed by atoms with Crippen molar-refractivity contribution in [3.8, 4) is 10.6 Å². The minimum Gasteiger partial charge on any atom is -0.383 e. The maximum Gasteiger partial charge on any atom is 0.135 e. The highest BCUT2D eigenvalue weighted by Gasteiger charge is 2.09. The molecule has 78 valence electrons. The predicted octanol–water partition coefficient (Wildman–Crippen LogP) is 3.32. The lowest BCUT2D eigenvalue weighted by molar-refractivity contribution is 1.30. The Hall–Kier alpha value is -1.35. The van der Waals surface area contributed by atoms with E-state index in [1.807, 2.05) is 5.38 Å². The average Bonchev–Trinajstić information content (AvgIpc) is 2.49. The molecule has 1 aromatic heterocycles. The van der Waals surface area contributed by atoms with Crippen molar-refractivity contribution >= 4 is 17.2 Å². The third-order valence-corrected chi connectivity index (χ3v) is 3.29. The minimum atomic E-state index is 0.606. The van der Waals surface area contributed by atoms with Crippen LogP contribution >= 0.6 is 11.3 Å². The Kier molecular flexibility index (Phi) is 2.49. The Balaban J connectivity index is 2.62. The second-order valence-electron chi connectivity index (χ2n) is 3.85. The Labute approximate surface area is 93.8 Å². The zero-order valence-corrected chi connectivity index (χ0v) is 9.98. The van der Waals surface area contributed by atoms with Crippen molar-refractivity contribution in [2.24, 2.45) is 0 Å². The van der Waals surface area contributed by atoms with Gasteiger partial charge < -0.3 is 5.73 Å². The number of aromatic nitrogens is 1. The average molecular weight is 218 g/mol. The molecule has 0 aliphatic rings. The molecule has 0 saturated heterocycles. The summed E-state index contributed by atoms with van der Waals surface area (Å²) in [6.07, 6.45) is 0. The van der Waals surface area contributed by atoms with Crippen LogP contribution in [0.3, 0.4) is 0 Å². The fourth-order valence-corrected chi connectivity index (χ4v) is 2.80. The molecule has 2 aromatic rings. The lowest BCUT2D eigenvalue weighted by atomic mass is 10.0. The molecule has 0 unspecified atom stereocenters. The summed E-state index contributed by atoms with van der Waals surface area (Å²) < 4.78 is 0. The van der Waals surface area contributed by atoms with Gasteiger partial charge in [0.05, 0.1) is 0 Å². The van der Waals surface area contributed by atoms with Gasteiger partial charge in [0.15, 0.2) is 0 Å². The van der Waals surface area contributed by atoms with E-state index in [1.165, 1.54) is 22.3 Å². The van der Waals surface area contributed by atoms with E-state index >= 15 is 0 Å². The van der Waals surface area contributed by atoms with Crippen LogP contribution in [-0.2, 0) is 0 Å². The molecule has 0 aliphatic carbocycles. The van der Waals surface area contributed by atoms with Crippen molar-refractivity contribution in [3.05, 3.63) is 34.2 Å². The van der Waals surface area contributed by atoms with Crippen LogP contribution < -0.4 is 5.73 Å². The summed E-state index contributed by atoms with van der Waals surface area (Å²) in [4.78, 5) is 4.33. The molecule has 0 radical (unpaired) electrons. The van der Waals surface area contributed by atoms with Crippen molar-refractivity contribution in [2.45, 2.75) is 20.8 Å². The van der Waals surface area contributed by atoms with E-state index in [-0.39, 0.29) is 0 Å². The van der Waals surface area contributed by atoms with Gasteiger partial charge in [-0.15, -0.1) is 11.3 Å². The van der Waals surface area contributed by atoms with E-state index in [9.17, 15) is 0 Å². The molecule has 0 saturated carbocycles. The van der Waals surface area contributed by atoms with Crippen LogP contribution in [0.2, 0.25) is 0 Å². The predicted molar refractivity (Wildman–Crippen MR) is 66.2 cm³/mol. The van der Waals surface area contributed by atoms with Gasteiger partial charge in [-0.25, -0.2) is 4.98 Å². The van der Waals surface area contributed by atoms with Gasteiger partial charge in [0.2, 0.25) is 0 Å². The van der Waals surface area contributed by atoms with E-state index in [4.69, 9.17) is 5.73 Å². The van der Waals surface area contributed by atoms with Crippen LogP contribution in [0.5, 0.6) is 0 Å². The second-order valence-corrected chi connectivity index (χ2v) is 4.71. The smallest absolute Gasteiger partial charge is 0.135 e. The summed E-state index contributed by atoms with van der Waals surface area (Å²) in [6.45, 7) is 6.35. The van der Waals surface area contributed by atoms with Gasteiger partial charge >= 0.3 is 0 Å². The van der Waals surface area contributed by atoms with Crippen LogP contribution in [0, 0.1) is 20.8 Å². The zero-order chi connectivity index (χ0) is 11.0. The molecule has 2 N–H and O–H groups in total. The molecule has 0 fully saturated rings. The highest BCUT2D eigenvalue weighted by molar-refractivity contribution is 7.13. The third kappa shape index (κ3) is 1.88. The molecule has 0 aliphatic heterocycles. The topological polar surface area (TPSA) is 38.9 Å². The highest BCUT2D eigenvalue weighted by Crippen LogP contribution is 2.31. The van der Waals surface area contributed by atoms with E-state index < -0.39 is 0 Å². The maximum atomic E-state index is 5.65. The summed E-state index contributed by atoms with van der Waals surface area (Å²) in [5, 5.41) is 2.90. The molecule has 0 atom stereocenters. The summed E-state index contributed by atoms with van der Waals surface area (Å²) in [5.41, 5.74) is 10.7. The standard InChI is InChI=1S/C12H14N2S/c1-7-4-8(2)11(9(3)5-7)12-14-10(13)6-15-12/h4-6H,13H2,1-3H3. The summed E-state index contributed by atoms with van der Waals surface area (Å²) in [6, 6.07) is 4.36. The zero-order valence-electron chi connectivity index (χ0n) is 9.16. The lowest BCUT2D eigenvalue weighted by Gasteiger charge is -2.08. The first-order chi connectivity index (χ1) is 7.08. The Morgan fingerprint density at radius 2 is 1.73 bits per heavy atom. The first-order valence-electron chi connectivity index (χ1n) is 4.87. The number of nitrogens with two attached hydrogens (primary N) is 1. The normalized spacial score (nSPS) is 10.6. The monoisotopic (exact) mass is 218 g/mol. The fourth-order valence-electron chi connectivity index (χ4n) is 1.92. The molecule has 0 bridgehead atoms. The van der Waals surface area contributed by atoms with Gasteiger partial charge in [0, 0.05) is 10.9 Å². The Morgan fingerprint density at radius 3 is 2.20 bits per heavy atom. The van der Waals surface area contributed by atoms with Crippen LogP contribution in [0.4, 0.5) is 5.82 Å². The van der Waals surface area contributed by atoms with Crippen molar-refractivity contribution < 1.29 is 0 Å². The van der Waals surface area contributed by atoms with Gasteiger partial charge in [-0.1, -0.05) is 17.7 Å². The van der Waals surface area contributed by atoms with Gasteiger partial charge in [0.25, 0.3) is 0 Å². The molecular formula is C12H14N2S. The van der Waals surface area contributed by atoms with E-state index in [0.29, 0.717) is 5.82 Å². The van der Waals surface area contributed by atoms with Gasteiger partial charge in [0.1, 0.15) is 10.8 Å². The summed E-state index contributed by atoms with van der Waals surface area (Å²) >= 11 is 1.60. The van der Waals surface area contributed by atoms with E-state index in [0.717, 1.165) is 5.01 Å². The van der Waals surface area contributed by atoms with Crippen molar-refractivity contribution in [1.29, 1.82) is 0 Å². The number of hydrogen-bond acceptors (Lipinski definition) is 3. The molecule has 15 heavy (non-hydrogen) atoms. The van der Waals surface area contributed by atoms with Crippen molar-refractivity contribution in [3.63, 3.8) is 0 Å². The van der Waals surface area contributed by atoms with Gasteiger partial charge in [-0.3, -0.25) is 0 Å². The number of rotatable bonds is 1. The maximum absolute atomic E-state index is 5.65. The number of benzene rings is 1. The molecule has 2 rings (SSSR count). The molecule has 0 spiro atoms. The van der Waals surface area contributed by atoms with Gasteiger partial charge in [-0.2, -0.15) is 0 Å². The van der Waals surface area contributed by atoms with E-state index in [1.54, 1.807) is 11.3 Å². The number of anilines is 1. The second kappa shape index (κ2) is 3.66. The SMILES string of the molecule is Cc1cc(C)c(-c2nc(N)cs2)c(C)c1. The van der Waals surface area contributed by atoms with E-state index in [2.05, 4.69) is 37.9 Å². The number of thiazole rings is 1. The van der Waals surface area contributed by atoms with Crippen LogP contribution in [0.1, 0.15) is 16.7 Å². The molecular weight excluding hydrogens is 204 g/mol. The summed E-state index contributed by atoms with van der Waals surface area (Å²) in [7, 11) is 0.